The Bertz CT molecular complexity index is 1110. The predicted octanol–water partition coefficient (Wildman–Crippen LogP) is 11.9. The summed E-state index contributed by atoms with van der Waals surface area (Å²) in [6.45, 7) is 2.18. The van der Waals surface area contributed by atoms with Crippen molar-refractivity contribution in [1.82, 2.24) is 0 Å². The maximum absolute atomic E-state index is 14.7. The van der Waals surface area contributed by atoms with Gasteiger partial charge in [-0.25, -0.2) is 9.59 Å². The number of halogens is 20. The van der Waals surface area contributed by atoms with Gasteiger partial charge in [0.2, 0.25) is 0 Å². The highest BCUT2D eigenvalue weighted by Gasteiger charge is 2.89. The molecule has 0 radical (unpaired) electrons. The van der Waals surface area contributed by atoms with Gasteiger partial charge >= 0.3 is 71.2 Å². The van der Waals surface area contributed by atoms with Crippen LogP contribution in [0, 0.1) is 11.8 Å². The van der Waals surface area contributed by atoms with E-state index in [0.717, 1.165) is 13.8 Å². The number of hydrogen-bond donors (Lipinski definition) is 2. The average molecular weight is 829 g/mol. The van der Waals surface area contributed by atoms with E-state index >= 15 is 0 Å². The van der Waals surface area contributed by atoms with E-state index in [-0.39, 0.29) is 32.1 Å². The number of carboxylic acid groups (broad SMARTS) is 2. The zero-order valence-corrected chi connectivity index (χ0v) is 27.6. The molecule has 0 fully saturated rings. The van der Waals surface area contributed by atoms with Gasteiger partial charge in [-0.2, -0.15) is 87.8 Å². The molecule has 0 bridgehead atoms. The molecule has 0 aliphatic heterocycles. The van der Waals surface area contributed by atoms with Crippen LogP contribution in [0.3, 0.4) is 0 Å². The average Bonchev–Trinajstić information content (AvgIpc) is 3.01. The van der Waals surface area contributed by atoms with Crippen molar-refractivity contribution in [2.75, 3.05) is 0 Å². The van der Waals surface area contributed by atoms with E-state index in [2.05, 4.69) is 0 Å². The van der Waals surface area contributed by atoms with Crippen LogP contribution in [0.15, 0.2) is 0 Å². The normalized spacial score (nSPS) is 16.1. The zero-order chi connectivity index (χ0) is 42.5. The van der Waals surface area contributed by atoms with Gasteiger partial charge in [0, 0.05) is 11.8 Å². The van der Waals surface area contributed by atoms with Crippen LogP contribution < -0.4 is 0 Å². The van der Waals surface area contributed by atoms with Crippen molar-refractivity contribution in [2.45, 2.75) is 157 Å². The van der Waals surface area contributed by atoms with Gasteiger partial charge in [-0.05, 0) is 25.7 Å². The molecule has 0 rings (SSSR count). The first-order valence-corrected chi connectivity index (χ1v) is 15.8. The molecule has 0 amide bonds. The third-order valence-electron chi connectivity index (χ3n) is 8.65. The summed E-state index contributed by atoms with van der Waals surface area (Å²) in [4.78, 5) is 20.6. The number of carbonyl (C=O) groups is 2. The van der Waals surface area contributed by atoms with Crippen LogP contribution >= 0.6 is 0 Å². The van der Waals surface area contributed by atoms with Gasteiger partial charge in [-0.15, -0.1) is 0 Å². The topological polar surface area (TPSA) is 74.6 Å². The highest BCUT2D eigenvalue weighted by Crippen LogP contribution is 2.61. The van der Waals surface area contributed by atoms with E-state index in [1.54, 1.807) is 0 Å². The minimum Gasteiger partial charge on any atom is -0.477 e. The maximum Gasteiger partial charge on any atom is 0.410 e. The summed E-state index contributed by atoms with van der Waals surface area (Å²) in [6, 6.07) is 0. The molecular formula is C29H36F20O4. The first-order chi connectivity index (χ1) is 23.5. The first-order valence-electron chi connectivity index (χ1n) is 15.8. The lowest BCUT2D eigenvalue weighted by molar-refractivity contribution is -0.403. The van der Waals surface area contributed by atoms with Crippen LogP contribution in [0.5, 0.6) is 0 Å². The fourth-order valence-electron chi connectivity index (χ4n) is 5.36. The lowest BCUT2D eigenvalue weighted by atomic mass is 9.82. The van der Waals surface area contributed by atoms with E-state index < -0.39 is 134 Å². The van der Waals surface area contributed by atoms with E-state index in [1.807, 2.05) is 0 Å². The van der Waals surface area contributed by atoms with Gasteiger partial charge in [0.25, 0.3) is 0 Å². The Labute approximate surface area is 288 Å². The molecule has 0 aromatic heterocycles. The molecule has 24 heteroatoms. The summed E-state index contributed by atoms with van der Waals surface area (Å²) < 4.78 is 280. The van der Waals surface area contributed by atoms with E-state index in [4.69, 9.17) is 10.2 Å². The summed E-state index contributed by atoms with van der Waals surface area (Å²) in [7, 11) is 0. The first kappa shape index (κ1) is 50.5. The summed E-state index contributed by atoms with van der Waals surface area (Å²) >= 11 is 0. The number of aliphatic carboxylic acids is 2. The smallest absolute Gasteiger partial charge is 0.410 e. The van der Waals surface area contributed by atoms with Crippen molar-refractivity contribution in [3.05, 3.63) is 0 Å². The Morgan fingerprint density at radius 3 is 0.811 bits per heavy atom. The minimum absolute atomic E-state index is 0.0222. The molecule has 0 aliphatic rings. The highest BCUT2D eigenvalue weighted by molar-refractivity contribution is 5.77. The summed E-state index contributed by atoms with van der Waals surface area (Å²) in [6.07, 6.45) is -6.42. The van der Waals surface area contributed by atoms with Crippen LogP contribution in [-0.2, 0) is 9.59 Å². The van der Waals surface area contributed by atoms with Gasteiger partial charge < -0.3 is 10.2 Å². The quantitative estimate of drug-likeness (QED) is 0.0673. The van der Waals surface area contributed by atoms with Gasteiger partial charge in [0.15, 0.2) is 0 Å². The van der Waals surface area contributed by atoms with Crippen molar-refractivity contribution < 1.29 is 108 Å². The monoisotopic (exact) mass is 828 g/mol. The lowest BCUT2D eigenvalue weighted by Crippen LogP contribution is -2.69. The molecule has 0 aromatic carbocycles. The second-order valence-corrected chi connectivity index (χ2v) is 12.5. The van der Waals surface area contributed by atoms with Crippen LogP contribution in [0.1, 0.15) is 97.3 Å². The fraction of sp³-hybridized carbons (Fsp3) is 0.931. The Morgan fingerprint density at radius 1 is 0.377 bits per heavy atom. The number of carboxylic acids is 2. The highest BCUT2D eigenvalue weighted by atomic mass is 19.4. The van der Waals surface area contributed by atoms with Crippen LogP contribution in [0.4, 0.5) is 87.8 Å². The largest absolute Gasteiger partial charge is 0.477 e. The molecule has 4 nitrogen and oxygen atoms in total. The number of unbranched alkanes of at least 4 members (excludes halogenated alkanes) is 6. The van der Waals surface area contributed by atoms with Crippen LogP contribution in [0.2, 0.25) is 0 Å². The summed E-state index contributed by atoms with van der Waals surface area (Å²) in [5, 5.41) is 16.2. The van der Waals surface area contributed by atoms with Gasteiger partial charge in [0.1, 0.15) is 0 Å². The van der Waals surface area contributed by atoms with Crippen molar-refractivity contribution in [3.8, 4) is 0 Å². The molecular weight excluding hydrogens is 792 g/mol. The molecule has 2 unspecified atom stereocenters. The summed E-state index contributed by atoms with van der Waals surface area (Å²) in [5.74, 6) is -84.1. The molecule has 0 saturated heterocycles. The predicted molar refractivity (Wildman–Crippen MR) is 143 cm³/mol. The molecule has 0 aromatic rings. The van der Waals surface area contributed by atoms with Crippen molar-refractivity contribution >= 4 is 11.9 Å². The van der Waals surface area contributed by atoms with E-state index in [0.29, 0.717) is 0 Å². The Hall–Kier alpha value is -2.46. The number of rotatable bonds is 26. The number of alkyl halides is 20. The standard InChI is InChI=1S/C29H36F20O4/c1-3-12-16(20(30,31)24(38,39)28(46,47)26(42,43)22(34,35)18(50)51)14-10-8-6-5-7-9-11-15-17(13-4-2)21(32,33)25(40,41)29(48,49)27(44,45)23(36,37)19(52)53/h16-17H,3-15H2,1-2H3,(H,50,51)(H,52,53). The molecule has 0 heterocycles. The molecule has 2 atom stereocenters. The van der Waals surface area contributed by atoms with Crippen LogP contribution in [0.25, 0.3) is 0 Å². The third kappa shape index (κ3) is 9.00. The van der Waals surface area contributed by atoms with Crippen molar-refractivity contribution in [2.24, 2.45) is 11.8 Å². The molecule has 0 saturated carbocycles. The zero-order valence-electron chi connectivity index (χ0n) is 27.6. The Morgan fingerprint density at radius 2 is 0.604 bits per heavy atom. The fourth-order valence-corrected chi connectivity index (χ4v) is 5.36. The van der Waals surface area contributed by atoms with E-state index in [9.17, 15) is 97.4 Å². The number of hydrogen-bond acceptors (Lipinski definition) is 2. The van der Waals surface area contributed by atoms with E-state index in [1.165, 1.54) is 0 Å². The van der Waals surface area contributed by atoms with Gasteiger partial charge in [-0.3, -0.25) is 0 Å². The SMILES string of the molecule is CCCC(CCCCCCCCCC(CCC)C(F)(F)C(F)(F)C(F)(F)C(F)(F)C(F)(F)C(=O)O)C(F)(F)C(F)(F)C(F)(F)C(F)(F)C(F)(F)C(=O)O. The molecule has 0 spiro atoms. The molecule has 0 aliphatic carbocycles. The summed E-state index contributed by atoms with van der Waals surface area (Å²) in [5.41, 5.74) is 0. The Balaban J connectivity index is 5.47. The molecule has 316 valence electrons. The van der Waals surface area contributed by atoms with Gasteiger partial charge in [-0.1, -0.05) is 71.6 Å². The molecule has 53 heavy (non-hydrogen) atoms. The van der Waals surface area contributed by atoms with Crippen molar-refractivity contribution in [3.63, 3.8) is 0 Å². The maximum atomic E-state index is 14.7. The Kier molecular flexibility index (Phi) is 16.3. The van der Waals surface area contributed by atoms with Gasteiger partial charge in [0.05, 0.1) is 0 Å². The van der Waals surface area contributed by atoms with Crippen molar-refractivity contribution in [1.29, 1.82) is 0 Å². The second kappa shape index (κ2) is 17.1. The lowest BCUT2D eigenvalue weighted by Gasteiger charge is -2.41. The van der Waals surface area contributed by atoms with Crippen LogP contribution in [-0.4, -0.2) is 81.4 Å². The molecule has 2 N–H and O–H groups in total. The minimum atomic E-state index is -7.58. The third-order valence-corrected chi connectivity index (χ3v) is 8.65. The second-order valence-electron chi connectivity index (χ2n) is 12.5.